The number of amides is 1. The molecule has 3 N–H and O–H groups in total. The zero-order chi connectivity index (χ0) is 14.6. The SMILES string of the molecule is CC1(C)CCCCC1C(=O)NC1CCN(CCN)CC1. The Kier molecular flexibility index (Phi) is 5.44. The molecule has 1 aliphatic carbocycles. The molecule has 4 nitrogen and oxygen atoms in total. The van der Waals surface area contributed by atoms with Crippen LogP contribution in [0.3, 0.4) is 0 Å². The van der Waals surface area contributed by atoms with E-state index in [9.17, 15) is 4.79 Å². The minimum Gasteiger partial charge on any atom is -0.353 e. The average Bonchev–Trinajstić information content (AvgIpc) is 2.40. The minimum atomic E-state index is 0.169. The summed E-state index contributed by atoms with van der Waals surface area (Å²) >= 11 is 0. The molecule has 0 radical (unpaired) electrons. The summed E-state index contributed by atoms with van der Waals surface area (Å²) in [6.45, 7) is 8.34. The van der Waals surface area contributed by atoms with Crippen molar-refractivity contribution in [3.8, 4) is 0 Å². The molecule has 0 aromatic heterocycles. The van der Waals surface area contributed by atoms with E-state index in [0.717, 1.165) is 45.4 Å². The third-order valence-electron chi connectivity index (χ3n) is 5.20. The Morgan fingerprint density at radius 3 is 2.55 bits per heavy atom. The molecule has 20 heavy (non-hydrogen) atoms. The molecule has 2 rings (SSSR count). The van der Waals surface area contributed by atoms with Crippen molar-refractivity contribution in [3.05, 3.63) is 0 Å². The lowest BCUT2D eigenvalue weighted by Gasteiger charge is -2.39. The van der Waals surface area contributed by atoms with Gasteiger partial charge in [-0.2, -0.15) is 0 Å². The Hall–Kier alpha value is -0.610. The van der Waals surface area contributed by atoms with E-state index in [0.29, 0.717) is 11.9 Å². The summed E-state index contributed by atoms with van der Waals surface area (Å²) in [5.74, 6) is 0.505. The maximum atomic E-state index is 12.5. The van der Waals surface area contributed by atoms with Crippen molar-refractivity contribution in [2.24, 2.45) is 17.1 Å². The molecule has 0 spiro atoms. The van der Waals surface area contributed by atoms with Gasteiger partial charge in [0.05, 0.1) is 0 Å². The van der Waals surface area contributed by atoms with Crippen LogP contribution in [0, 0.1) is 11.3 Å². The van der Waals surface area contributed by atoms with Gasteiger partial charge in [-0.3, -0.25) is 4.79 Å². The number of nitrogens with one attached hydrogen (secondary N) is 1. The van der Waals surface area contributed by atoms with E-state index < -0.39 is 0 Å². The Labute approximate surface area is 123 Å². The number of nitrogens with two attached hydrogens (primary N) is 1. The van der Waals surface area contributed by atoms with Gasteiger partial charge in [0.15, 0.2) is 0 Å². The monoisotopic (exact) mass is 281 g/mol. The fraction of sp³-hybridized carbons (Fsp3) is 0.938. The summed E-state index contributed by atoms with van der Waals surface area (Å²) in [5.41, 5.74) is 5.76. The van der Waals surface area contributed by atoms with Crippen LogP contribution in [0.5, 0.6) is 0 Å². The van der Waals surface area contributed by atoms with Crippen molar-refractivity contribution >= 4 is 5.91 Å². The normalized spacial score (nSPS) is 28.2. The molecule has 1 atom stereocenters. The molecule has 4 heteroatoms. The van der Waals surface area contributed by atoms with Crippen molar-refractivity contribution in [2.45, 2.75) is 58.4 Å². The summed E-state index contributed by atoms with van der Waals surface area (Å²) < 4.78 is 0. The largest absolute Gasteiger partial charge is 0.353 e. The molecule has 1 heterocycles. The van der Waals surface area contributed by atoms with Gasteiger partial charge in [-0.1, -0.05) is 26.7 Å². The van der Waals surface area contributed by atoms with Gasteiger partial charge in [-0.05, 0) is 31.1 Å². The second kappa shape index (κ2) is 6.90. The van der Waals surface area contributed by atoms with Gasteiger partial charge in [-0.15, -0.1) is 0 Å². The maximum absolute atomic E-state index is 12.5. The van der Waals surface area contributed by atoms with E-state index in [2.05, 4.69) is 24.1 Å². The van der Waals surface area contributed by atoms with E-state index in [1.807, 2.05) is 0 Å². The Balaban J connectivity index is 1.80. The van der Waals surface area contributed by atoms with Crippen molar-refractivity contribution in [1.29, 1.82) is 0 Å². The highest BCUT2D eigenvalue weighted by Crippen LogP contribution is 2.40. The molecular weight excluding hydrogens is 250 g/mol. The van der Waals surface area contributed by atoms with Crippen LogP contribution in [0.2, 0.25) is 0 Å². The third-order valence-corrected chi connectivity index (χ3v) is 5.20. The van der Waals surface area contributed by atoms with Crippen LogP contribution >= 0.6 is 0 Å². The molecule has 0 bridgehead atoms. The number of hydrogen-bond acceptors (Lipinski definition) is 3. The summed E-state index contributed by atoms with van der Waals surface area (Å²) in [4.78, 5) is 14.9. The van der Waals surface area contributed by atoms with E-state index in [1.165, 1.54) is 19.3 Å². The first-order valence-electron chi connectivity index (χ1n) is 8.26. The standard InChI is InChI=1S/C16H31N3O/c1-16(2)8-4-3-5-14(16)15(20)18-13-6-10-19(11-7-13)12-9-17/h13-14H,3-12,17H2,1-2H3,(H,18,20). The van der Waals surface area contributed by atoms with Crippen molar-refractivity contribution in [1.82, 2.24) is 10.2 Å². The van der Waals surface area contributed by atoms with Gasteiger partial charge >= 0.3 is 0 Å². The van der Waals surface area contributed by atoms with Crippen LogP contribution in [-0.4, -0.2) is 43.0 Å². The number of likely N-dealkylation sites (tertiary alicyclic amines) is 1. The molecule has 2 fully saturated rings. The van der Waals surface area contributed by atoms with E-state index in [4.69, 9.17) is 5.73 Å². The van der Waals surface area contributed by atoms with Crippen molar-refractivity contribution in [3.63, 3.8) is 0 Å². The van der Waals surface area contributed by atoms with Crippen molar-refractivity contribution < 1.29 is 4.79 Å². The Morgan fingerprint density at radius 1 is 1.25 bits per heavy atom. The predicted molar refractivity (Wildman–Crippen MR) is 82.4 cm³/mol. The second-order valence-corrected chi connectivity index (χ2v) is 7.20. The third kappa shape index (κ3) is 3.95. The van der Waals surface area contributed by atoms with Gasteiger partial charge < -0.3 is 16.0 Å². The van der Waals surface area contributed by atoms with Gasteiger partial charge in [0.2, 0.25) is 5.91 Å². The summed E-state index contributed by atoms with van der Waals surface area (Å²) in [5, 5.41) is 3.31. The average molecular weight is 281 g/mol. The molecule has 1 saturated heterocycles. The van der Waals surface area contributed by atoms with Gasteiger partial charge in [0, 0.05) is 38.1 Å². The van der Waals surface area contributed by atoms with Gasteiger partial charge in [-0.25, -0.2) is 0 Å². The van der Waals surface area contributed by atoms with Gasteiger partial charge in [0.1, 0.15) is 0 Å². The smallest absolute Gasteiger partial charge is 0.223 e. The second-order valence-electron chi connectivity index (χ2n) is 7.20. The number of carbonyl (C=O) groups excluding carboxylic acids is 1. The van der Waals surface area contributed by atoms with Crippen LogP contribution in [0.25, 0.3) is 0 Å². The molecule has 1 saturated carbocycles. The van der Waals surface area contributed by atoms with Crippen LogP contribution in [0.4, 0.5) is 0 Å². The zero-order valence-electron chi connectivity index (χ0n) is 13.2. The van der Waals surface area contributed by atoms with E-state index in [-0.39, 0.29) is 11.3 Å². The Morgan fingerprint density at radius 2 is 1.95 bits per heavy atom. The van der Waals surface area contributed by atoms with Crippen LogP contribution in [0.15, 0.2) is 0 Å². The van der Waals surface area contributed by atoms with Gasteiger partial charge in [0.25, 0.3) is 0 Å². The summed E-state index contributed by atoms with van der Waals surface area (Å²) in [6, 6.07) is 0.370. The first-order valence-corrected chi connectivity index (χ1v) is 8.26. The number of rotatable bonds is 4. The predicted octanol–water partition coefficient (Wildman–Crippen LogP) is 1.74. The fourth-order valence-corrected chi connectivity index (χ4v) is 3.77. The lowest BCUT2D eigenvalue weighted by Crippen LogP contribution is -2.49. The molecule has 116 valence electrons. The molecule has 0 aromatic carbocycles. The van der Waals surface area contributed by atoms with E-state index >= 15 is 0 Å². The number of nitrogens with zero attached hydrogens (tertiary/aromatic N) is 1. The van der Waals surface area contributed by atoms with E-state index in [1.54, 1.807) is 0 Å². The molecule has 1 unspecified atom stereocenters. The molecular formula is C16H31N3O. The lowest BCUT2D eigenvalue weighted by molar-refractivity contribution is -0.131. The molecule has 0 aromatic rings. The molecule has 1 aliphatic heterocycles. The highest BCUT2D eigenvalue weighted by molar-refractivity contribution is 5.79. The number of piperidine rings is 1. The number of hydrogen-bond donors (Lipinski definition) is 2. The Bertz CT molecular complexity index is 322. The first-order chi connectivity index (χ1) is 9.53. The molecule has 1 amide bonds. The minimum absolute atomic E-state index is 0.169. The first kappa shape index (κ1) is 15.8. The topological polar surface area (TPSA) is 58.4 Å². The lowest BCUT2D eigenvalue weighted by atomic mass is 9.68. The highest BCUT2D eigenvalue weighted by atomic mass is 16.2. The highest BCUT2D eigenvalue weighted by Gasteiger charge is 2.37. The number of carbonyl (C=O) groups is 1. The molecule has 2 aliphatic rings. The maximum Gasteiger partial charge on any atom is 0.223 e. The quantitative estimate of drug-likeness (QED) is 0.825. The summed E-state index contributed by atoms with van der Waals surface area (Å²) in [7, 11) is 0. The van der Waals surface area contributed by atoms with Crippen LogP contribution in [-0.2, 0) is 4.79 Å². The fourth-order valence-electron chi connectivity index (χ4n) is 3.77. The summed E-state index contributed by atoms with van der Waals surface area (Å²) in [6.07, 6.45) is 6.85. The van der Waals surface area contributed by atoms with Crippen LogP contribution < -0.4 is 11.1 Å². The van der Waals surface area contributed by atoms with Crippen LogP contribution in [0.1, 0.15) is 52.4 Å². The zero-order valence-corrected chi connectivity index (χ0v) is 13.2. The van der Waals surface area contributed by atoms with Crippen molar-refractivity contribution in [2.75, 3.05) is 26.2 Å².